The van der Waals surface area contributed by atoms with Crippen LogP contribution >= 0.6 is 22.9 Å². The molecule has 6 aromatic rings. The Hall–Kier alpha value is -5.39. The van der Waals surface area contributed by atoms with Crippen LogP contribution in [0, 0.1) is 31.0 Å². The van der Waals surface area contributed by atoms with Gasteiger partial charge in [-0.3, -0.25) is 19.3 Å². The van der Waals surface area contributed by atoms with Crippen LogP contribution in [0.1, 0.15) is 45.6 Å². The number of nitrogens with zero attached hydrogens (tertiary/aromatic N) is 5. The zero-order chi connectivity index (χ0) is 36.1. The number of hydrogen-bond acceptors (Lipinski definition) is 8. The zero-order valence-electron chi connectivity index (χ0n) is 26.4. The first-order valence-corrected chi connectivity index (χ1v) is 16.2. The van der Waals surface area contributed by atoms with Gasteiger partial charge in [0.2, 0.25) is 0 Å². The summed E-state index contributed by atoms with van der Waals surface area (Å²) in [5.41, 5.74) is -1.66. The molecule has 50 heavy (non-hydrogen) atoms. The maximum absolute atomic E-state index is 14.4. The third kappa shape index (κ3) is 6.14. The molecule has 0 saturated carbocycles. The van der Waals surface area contributed by atoms with Gasteiger partial charge in [0.1, 0.15) is 30.1 Å². The molecule has 0 bridgehead atoms. The maximum atomic E-state index is 14.4. The van der Waals surface area contributed by atoms with Crippen LogP contribution < -0.4 is 10.3 Å². The number of carboxylic acid groups (broad SMARTS) is 1. The maximum Gasteiger partial charge on any atom is 0.417 e. The average molecular weight is 722 g/mol. The van der Waals surface area contributed by atoms with E-state index in [4.69, 9.17) is 16.3 Å². The highest BCUT2D eigenvalue weighted by Crippen LogP contribution is 2.43. The van der Waals surface area contributed by atoms with Gasteiger partial charge in [0.15, 0.2) is 0 Å². The summed E-state index contributed by atoms with van der Waals surface area (Å²) in [5, 5.41) is 21.4. The number of benzene rings is 2. The fourth-order valence-corrected chi connectivity index (χ4v) is 6.99. The third-order valence-electron chi connectivity index (χ3n) is 8.15. The molecule has 0 saturated heterocycles. The van der Waals surface area contributed by atoms with E-state index in [1.54, 1.807) is 24.3 Å². The molecular formula is C35H24ClF4N5O4S. The standard InChI is InChI=1S/C35H24ClF4N5O4S/c1-4-20-11-23(32-31(44-20)25(15-50-32)34(47)48)22-9-18(36)5-6-28(22)49-8-7-45-17(3)43-27-12-26(35(38,39)40)29(24(13-41)30(27)33(45)46)21-10-19(37)14-42-16(21)2/h5-6,9-12,14-15H,4,7-8H2,1-3H3,(H,47,48). The summed E-state index contributed by atoms with van der Waals surface area (Å²) < 4.78 is 65.3. The molecule has 0 aliphatic carbocycles. The highest BCUT2D eigenvalue weighted by atomic mass is 35.5. The topological polar surface area (TPSA) is 131 Å². The van der Waals surface area contributed by atoms with Crippen molar-refractivity contribution in [2.75, 3.05) is 6.61 Å². The summed E-state index contributed by atoms with van der Waals surface area (Å²) in [7, 11) is 0. The fraction of sp³-hybridized carbons (Fsp3) is 0.200. The van der Waals surface area contributed by atoms with Crippen molar-refractivity contribution in [2.24, 2.45) is 0 Å². The molecular weight excluding hydrogens is 698 g/mol. The van der Waals surface area contributed by atoms with Crippen molar-refractivity contribution in [3.63, 3.8) is 0 Å². The van der Waals surface area contributed by atoms with Gasteiger partial charge in [0, 0.05) is 44.0 Å². The van der Waals surface area contributed by atoms with E-state index in [0.29, 0.717) is 50.3 Å². The van der Waals surface area contributed by atoms with Crippen LogP contribution in [0.4, 0.5) is 17.6 Å². The molecule has 2 aromatic carbocycles. The van der Waals surface area contributed by atoms with Crippen LogP contribution in [0.15, 0.2) is 52.8 Å². The molecule has 0 radical (unpaired) electrons. The van der Waals surface area contributed by atoms with E-state index in [1.165, 1.54) is 35.1 Å². The summed E-state index contributed by atoms with van der Waals surface area (Å²) in [6.07, 6.45) is -3.60. The second-order valence-electron chi connectivity index (χ2n) is 11.2. The van der Waals surface area contributed by atoms with Crippen molar-refractivity contribution in [3.8, 4) is 34.1 Å². The molecule has 15 heteroatoms. The molecule has 6 rings (SSSR count). The quantitative estimate of drug-likeness (QED) is 0.155. The molecule has 9 nitrogen and oxygen atoms in total. The molecule has 0 spiro atoms. The smallest absolute Gasteiger partial charge is 0.417 e. The highest BCUT2D eigenvalue weighted by molar-refractivity contribution is 7.18. The van der Waals surface area contributed by atoms with Crippen LogP contribution in [0.3, 0.4) is 0 Å². The first kappa shape index (κ1) is 34.5. The van der Waals surface area contributed by atoms with Crippen LogP contribution in [0.2, 0.25) is 5.02 Å². The van der Waals surface area contributed by atoms with Crippen molar-refractivity contribution in [1.29, 1.82) is 5.26 Å². The van der Waals surface area contributed by atoms with E-state index in [1.807, 2.05) is 13.0 Å². The Labute approximate surface area is 290 Å². The van der Waals surface area contributed by atoms with Gasteiger partial charge >= 0.3 is 12.1 Å². The number of aryl methyl sites for hydroxylation is 3. The predicted molar refractivity (Wildman–Crippen MR) is 180 cm³/mol. The van der Waals surface area contributed by atoms with Crippen molar-refractivity contribution < 1.29 is 32.2 Å². The Morgan fingerprint density at radius 1 is 1.12 bits per heavy atom. The van der Waals surface area contributed by atoms with Gasteiger partial charge in [0.05, 0.1) is 50.6 Å². The number of carbonyl (C=O) groups is 1. The van der Waals surface area contributed by atoms with E-state index in [9.17, 15) is 37.5 Å². The third-order valence-corrected chi connectivity index (χ3v) is 9.39. The molecule has 1 N–H and O–H groups in total. The van der Waals surface area contributed by atoms with Crippen LogP contribution in [0.5, 0.6) is 5.75 Å². The van der Waals surface area contributed by atoms with Crippen molar-refractivity contribution in [1.82, 2.24) is 19.5 Å². The van der Waals surface area contributed by atoms with Crippen LogP contribution in [-0.4, -0.2) is 37.2 Å². The Morgan fingerprint density at radius 3 is 2.56 bits per heavy atom. The number of aromatic carboxylic acids is 1. The number of halogens is 5. The normalized spacial score (nSPS) is 11.7. The molecule has 0 fully saturated rings. The van der Waals surface area contributed by atoms with Crippen LogP contribution in [0.25, 0.3) is 43.4 Å². The van der Waals surface area contributed by atoms with Gasteiger partial charge in [-0.05, 0) is 56.7 Å². The Kier molecular flexibility index (Phi) is 9.06. The Balaban J connectivity index is 1.43. The first-order chi connectivity index (χ1) is 23.7. The van der Waals surface area contributed by atoms with E-state index in [2.05, 4.69) is 15.0 Å². The summed E-state index contributed by atoms with van der Waals surface area (Å²) >= 11 is 7.59. The number of rotatable bonds is 8. The molecule has 0 atom stereocenters. The van der Waals surface area contributed by atoms with Gasteiger partial charge in [-0.1, -0.05) is 18.5 Å². The monoisotopic (exact) mass is 721 g/mol. The zero-order valence-corrected chi connectivity index (χ0v) is 28.0. The molecule has 4 aromatic heterocycles. The summed E-state index contributed by atoms with van der Waals surface area (Å²) in [4.78, 5) is 38.4. The summed E-state index contributed by atoms with van der Waals surface area (Å²) in [6.45, 7) is 4.46. The van der Waals surface area contributed by atoms with Crippen molar-refractivity contribution >= 4 is 50.0 Å². The van der Waals surface area contributed by atoms with E-state index in [0.717, 1.165) is 12.3 Å². The average Bonchev–Trinajstić information content (AvgIpc) is 3.50. The highest BCUT2D eigenvalue weighted by Gasteiger charge is 2.37. The lowest BCUT2D eigenvalue weighted by Gasteiger charge is -2.19. The second kappa shape index (κ2) is 13.1. The number of pyridine rings is 2. The largest absolute Gasteiger partial charge is 0.491 e. The minimum Gasteiger partial charge on any atom is -0.491 e. The SMILES string of the molecule is CCc1cc(-c2cc(Cl)ccc2OCCn2c(C)nc3cc(C(F)(F)F)c(-c4cc(F)cnc4C)c(C#N)c3c2=O)c2scc(C(=O)O)c2n1. The lowest BCUT2D eigenvalue weighted by Crippen LogP contribution is -2.27. The molecule has 254 valence electrons. The molecule has 4 heterocycles. The van der Waals surface area contributed by atoms with Gasteiger partial charge in [-0.25, -0.2) is 14.2 Å². The minimum atomic E-state index is -4.97. The Bertz CT molecular complexity index is 2470. The molecule has 0 unspecified atom stereocenters. The number of thiophene rings is 1. The number of carboxylic acids is 1. The van der Waals surface area contributed by atoms with Crippen molar-refractivity contribution in [2.45, 2.75) is 39.9 Å². The van der Waals surface area contributed by atoms with Gasteiger partial charge in [-0.15, -0.1) is 11.3 Å². The van der Waals surface area contributed by atoms with Gasteiger partial charge in [0.25, 0.3) is 5.56 Å². The first-order valence-electron chi connectivity index (χ1n) is 15.0. The summed E-state index contributed by atoms with van der Waals surface area (Å²) in [5.74, 6) is -1.60. The second-order valence-corrected chi connectivity index (χ2v) is 12.5. The van der Waals surface area contributed by atoms with E-state index in [-0.39, 0.29) is 46.7 Å². The number of nitriles is 1. The van der Waals surface area contributed by atoms with E-state index < -0.39 is 40.2 Å². The number of hydrogen-bond donors (Lipinski definition) is 1. The number of fused-ring (bicyclic) bond motifs is 2. The molecule has 0 amide bonds. The lowest BCUT2D eigenvalue weighted by molar-refractivity contribution is -0.137. The molecule has 0 aliphatic heterocycles. The summed E-state index contributed by atoms with van der Waals surface area (Å²) in [6, 6.07) is 10.0. The predicted octanol–water partition coefficient (Wildman–Crippen LogP) is 8.37. The number of aromatic nitrogens is 4. The van der Waals surface area contributed by atoms with Gasteiger partial charge < -0.3 is 9.84 Å². The minimum absolute atomic E-state index is 0.0274. The van der Waals surface area contributed by atoms with Gasteiger partial charge in [-0.2, -0.15) is 18.4 Å². The van der Waals surface area contributed by atoms with Crippen LogP contribution in [-0.2, 0) is 19.1 Å². The molecule has 0 aliphatic rings. The van der Waals surface area contributed by atoms with E-state index >= 15 is 0 Å². The number of alkyl halides is 3. The fourth-order valence-electron chi connectivity index (χ4n) is 5.81. The lowest BCUT2D eigenvalue weighted by atomic mass is 9.90. The van der Waals surface area contributed by atoms with Crippen molar-refractivity contribution in [3.05, 3.63) is 103 Å². The number of ether oxygens (including phenoxy) is 1. The Morgan fingerprint density at radius 2 is 1.88 bits per heavy atom.